The van der Waals surface area contributed by atoms with Gasteiger partial charge in [0.05, 0.1) is 12.8 Å². The fourth-order valence-corrected chi connectivity index (χ4v) is 1.90. The predicted octanol–water partition coefficient (Wildman–Crippen LogP) is 3.39. The van der Waals surface area contributed by atoms with Crippen LogP contribution in [0.1, 0.15) is 48.0 Å². The van der Waals surface area contributed by atoms with Gasteiger partial charge in [-0.15, -0.1) is 0 Å². The van der Waals surface area contributed by atoms with Crippen molar-refractivity contribution in [1.29, 1.82) is 0 Å². The summed E-state index contributed by atoms with van der Waals surface area (Å²) in [5.74, 6) is -0.588. The molecule has 0 fully saturated rings. The van der Waals surface area contributed by atoms with Crippen LogP contribution in [-0.4, -0.2) is 25.9 Å². The van der Waals surface area contributed by atoms with Crippen LogP contribution < -0.4 is 11.1 Å². The van der Waals surface area contributed by atoms with Crippen molar-refractivity contribution in [2.75, 3.05) is 14.2 Å². The number of esters is 1. The van der Waals surface area contributed by atoms with E-state index in [-0.39, 0.29) is 11.4 Å². The number of nitrogens with one attached hydrogen (secondary N) is 1. The van der Waals surface area contributed by atoms with Crippen molar-refractivity contribution in [2.24, 2.45) is 5.73 Å². The van der Waals surface area contributed by atoms with Crippen molar-refractivity contribution in [3.05, 3.63) is 46.3 Å². The van der Waals surface area contributed by atoms with E-state index in [2.05, 4.69) is 5.32 Å². The third-order valence-corrected chi connectivity index (χ3v) is 3.06. The Balaban J connectivity index is 0. The van der Waals surface area contributed by atoms with Crippen molar-refractivity contribution in [2.45, 2.75) is 48.0 Å². The van der Waals surface area contributed by atoms with Crippen molar-refractivity contribution >= 4 is 11.8 Å². The zero-order valence-electron chi connectivity index (χ0n) is 16.2. The summed E-state index contributed by atoms with van der Waals surface area (Å²) in [7, 11) is 2.98. The van der Waals surface area contributed by atoms with E-state index < -0.39 is 5.97 Å². The Morgan fingerprint density at radius 3 is 2.04 bits per heavy atom. The van der Waals surface area contributed by atoms with Gasteiger partial charge < -0.3 is 15.8 Å². The number of carbonyl (C=O) groups excluding carboxylic acids is 2. The number of ether oxygens (including phenoxy) is 1. The number of ketones is 1. The maximum Gasteiger partial charge on any atom is 0.341 e. The van der Waals surface area contributed by atoms with Gasteiger partial charge in [0.1, 0.15) is 5.57 Å². The SMILES string of the molecule is CC.CC/C=C(\C)C(=O)\C=C/C(C)=C(NC)\C(C(=O)OC)=C(\C)N. The van der Waals surface area contributed by atoms with E-state index in [1.165, 1.54) is 13.2 Å². The maximum atomic E-state index is 11.9. The molecule has 0 unspecified atom stereocenters. The molecule has 0 aromatic rings. The Labute approximate surface area is 146 Å². The molecule has 0 radical (unpaired) electrons. The molecule has 0 bridgehead atoms. The minimum Gasteiger partial charge on any atom is -0.465 e. The third kappa shape index (κ3) is 7.81. The normalized spacial score (nSPS) is 13.4. The largest absolute Gasteiger partial charge is 0.465 e. The molecule has 3 N–H and O–H groups in total. The average Bonchev–Trinajstić information content (AvgIpc) is 2.57. The predicted molar refractivity (Wildman–Crippen MR) is 100 cm³/mol. The molecule has 0 aliphatic heterocycles. The zero-order chi connectivity index (χ0) is 19.3. The summed E-state index contributed by atoms with van der Waals surface area (Å²) < 4.78 is 4.75. The van der Waals surface area contributed by atoms with Gasteiger partial charge in [-0.2, -0.15) is 0 Å². The van der Waals surface area contributed by atoms with E-state index in [4.69, 9.17) is 10.5 Å². The molecule has 0 atom stereocenters. The van der Waals surface area contributed by atoms with E-state index in [1.807, 2.05) is 26.8 Å². The van der Waals surface area contributed by atoms with Crippen molar-refractivity contribution < 1.29 is 14.3 Å². The number of methoxy groups -OCH3 is 1. The monoisotopic (exact) mass is 336 g/mol. The Morgan fingerprint density at radius 2 is 1.67 bits per heavy atom. The zero-order valence-corrected chi connectivity index (χ0v) is 16.2. The molecule has 0 aromatic heterocycles. The Kier molecular flexibility index (Phi) is 13.1. The summed E-state index contributed by atoms with van der Waals surface area (Å²) in [4.78, 5) is 23.8. The van der Waals surface area contributed by atoms with Crippen LogP contribution in [0.2, 0.25) is 0 Å². The minimum atomic E-state index is -0.523. The average molecular weight is 336 g/mol. The Bertz CT molecular complexity index is 549. The smallest absolute Gasteiger partial charge is 0.341 e. The highest BCUT2D eigenvalue weighted by Crippen LogP contribution is 2.17. The fourth-order valence-electron chi connectivity index (χ4n) is 1.90. The summed E-state index contributed by atoms with van der Waals surface area (Å²) in [6, 6.07) is 0. The van der Waals surface area contributed by atoms with E-state index in [9.17, 15) is 9.59 Å². The first-order valence-electron chi connectivity index (χ1n) is 8.12. The molecule has 0 saturated heterocycles. The molecule has 0 heterocycles. The number of hydrogen-bond donors (Lipinski definition) is 2. The number of allylic oxidation sites excluding steroid dienone is 6. The highest BCUT2D eigenvalue weighted by Gasteiger charge is 2.18. The molecule has 0 aromatic carbocycles. The maximum absolute atomic E-state index is 11.9. The molecular weight excluding hydrogens is 304 g/mol. The van der Waals surface area contributed by atoms with Crippen molar-refractivity contribution in [1.82, 2.24) is 5.32 Å². The molecule has 24 heavy (non-hydrogen) atoms. The van der Waals surface area contributed by atoms with Crippen LogP contribution in [0.4, 0.5) is 0 Å². The van der Waals surface area contributed by atoms with Gasteiger partial charge in [0.2, 0.25) is 0 Å². The molecule has 136 valence electrons. The van der Waals surface area contributed by atoms with Gasteiger partial charge in [-0.1, -0.05) is 32.9 Å². The highest BCUT2D eigenvalue weighted by atomic mass is 16.5. The Morgan fingerprint density at radius 1 is 1.12 bits per heavy atom. The van der Waals surface area contributed by atoms with Gasteiger partial charge in [-0.05, 0) is 44.4 Å². The molecule has 0 spiro atoms. The molecule has 0 rings (SSSR count). The number of rotatable bonds is 7. The molecule has 0 aliphatic carbocycles. The second-order valence-corrected chi connectivity index (χ2v) is 4.85. The van der Waals surface area contributed by atoms with Gasteiger partial charge in [0, 0.05) is 12.7 Å². The number of nitrogens with two attached hydrogens (primary N) is 1. The lowest BCUT2D eigenvalue weighted by molar-refractivity contribution is -0.135. The molecular formula is C19H32N2O3. The molecule has 5 nitrogen and oxygen atoms in total. The quantitative estimate of drug-likeness (QED) is 0.423. The molecule has 0 aliphatic rings. The van der Waals surface area contributed by atoms with Gasteiger partial charge >= 0.3 is 5.97 Å². The van der Waals surface area contributed by atoms with Gasteiger partial charge in [0.15, 0.2) is 5.78 Å². The van der Waals surface area contributed by atoms with E-state index in [1.54, 1.807) is 33.9 Å². The molecule has 5 heteroatoms. The number of hydrogen-bond acceptors (Lipinski definition) is 5. The van der Waals surface area contributed by atoms with E-state index in [0.29, 0.717) is 22.5 Å². The van der Waals surface area contributed by atoms with E-state index >= 15 is 0 Å². The lowest BCUT2D eigenvalue weighted by Gasteiger charge is -2.14. The second-order valence-electron chi connectivity index (χ2n) is 4.85. The summed E-state index contributed by atoms with van der Waals surface area (Å²) in [6.45, 7) is 11.2. The fraction of sp³-hybridized carbons (Fsp3) is 0.474. The summed E-state index contributed by atoms with van der Waals surface area (Å²) in [5.41, 5.74) is 8.32. The molecule has 0 saturated carbocycles. The van der Waals surface area contributed by atoms with E-state index in [0.717, 1.165) is 6.42 Å². The van der Waals surface area contributed by atoms with Gasteiger partial charge in [-0.3, -0.25) is 4.79 Å². The topological polar surface area (TPSA) is 81.4 Å². The standard InChI is InChI=1S/C17H26N2O3.C2H6/c1-7-8-11(2)14(20)10-9-12(3)16(19-5)15(13(4)18)17(21)22-6;1-2/h8-10,19H,7,18H2,1-6H3;1-2H3/b10-9-,11-8+,15-13+,16-12+;. The van der Waals surface area contributed by atoms with Crippen molar-refractivity contribution in [3.63, 3.8) is 0 Å². The van der Waals surface area contributed by atoms with Crippen LogP contribution in [-0.2, 0) is 14.3 Å². The van der Waals surface area contributed by atoms with Crippen molar-refractivity contribution in [3.8, 4) is 0 Å². The first-order valence-corrected chi connectivity index (χ1v) is 8.12. The summed E-state index contributed by atoms with van der Waals surface area (Å²) in [6.07, 6.45) is 5.82. The van der Waals surface area contributed by atoms with Crippen LogP contribution in [0.25, 0.3) is 0 Å². The number of carbonyl (C=O) groups is 2. The summed E-state index contributed by atoms with van der Waals surface area (Å²) in [5, 5.41) is 2.94. The highest BCUT2D eigenvalue weighted by molar-refractivity contribution is 6.03. The van der Waals surface area contributed by atoms with Crippen LogP contribution in [0, 0.1) is 0 Å². The van der Waals surface area contributed by atoms with Crippen LogP contribution >= 0.6 is 0 Å². The first kappa shape index (κ1) is 24.0. The number of likely N-dealkylation sites (N-methyl/N-ethyl adjacent to an activating group) is 1. The van der Waals surface area contributed by atoms with Gasteiger partial charge in [0.25, 0.3) is 0 Å². The molecule has 0 amide bonds. The third-order valence-electron chi connectivity index (χ3n) is 3.06. The lowest BCUT2D eigenvalue weighted by atomic mass is 10.0. The van der Waals surface area contributed by atoms with Gasteiger partial charge in [-0.25, -0.2) is 4.79 Å². The Hall–Kier alpha value is -2.30. The van der Waals surface area contributed by atoms with Crippen LogP contribution in [0.5, 0.6) is 0 Å². The second kappa shape index (κ2) is 13.2. The minimum absolute atomic E-state index is 0.0651. The summed E-state index contributed by atoms with van der Waals surface area (Å²) >= 11 is 0. The first-order chi connectivity index (χ1) is 11.3. The lowest BCUT2D eigenvalue weighted by Crippen LogP contribution is -2.21. The van der Waals surface area contributed by atoms with Crippen LogP contribution in [0.3, 0.4) is 0 Å². The van der Waals surface area contributed by atoms with Crippen LogP contribution in [0.15, 0.2) is 46.3 Å².